The Morgan fingerprint density at radius 3 is 2.63 bits per heavy atom. The van der Waals surface area contributed by atoms with Crippen LogP contribution in [-0.2, 0) is 11.2 Å². The Kier molecular flexibility index (Phi) is 7.32. The SMILES string of the molecule is COc1ccc(NC(=O)CCc2nc(-c3ccncc3)no2)cc1NC(=O)c1ccc(Cl)cc1F. The monoisotopic (exact) mass is 495 g/mol. The molecule has 2 aromatic carbocycles. The summed E-state index contributed by atoms with van der Waals surface area (Å²) in [6.45, 7) is 0. The summed E-state index contributed by atoms with van der Waals surface area (Å²) in [7, 11) is 1.43. The maximum atomic E-state index is 14.1. The molecule has 0 bridgehead atoms. The Hall–Kier alpha value is -4.31. The molecule has 2 heterocycles. The van der Waals surface area contributed by atoms with Gasteiger partial charge < -0.3 is 19.9 Å². The van der Waals surface area contributed by atoms with Crippen LogP contribution in [0.5, 0.6) is 5.75 Å². The Morgan fingerprint density at radius 1 is 1.09 bits per heavy atom. The highest BCUT2D eigenvalue weighted by atomic mass is 35.5. The quantitative estimate of drug-likeness (QED) is 0.362. The fourth-order valence-electron chi connectivity index (χ4n) is 3.17. The van der Waals surface area contributed by atoms with Crippen LogP contribution in [0, 0.1) is 5.82 Å². The highest BCUT2D eigenvalue weighted by Gasteiger charge is 2.16. The number of ether oxygens (including phenoxy) is 1. The summed E-state index contributed by atoms with van der Waals surface area (Å²) in [5.74, 6) is -0.691. The largest absolute Gasteiger partial charge is 0.495 e. The van der Waals surface area contributed by atoms with E-state index in [0.29, 0.717) is 23.2 Å². The lowest BCUT2D eigenvalue weighted by Crippen LogP contribution is -2.16. The standard InChI is InChI=1S/C24H19ClFN5O4/c1-34-20-5-3-16(13-19(20)29-24(33)17-4-2-15(25)12-18(17)26)28-21(32)6-7-22-30-23(31-35-22)14-8-10-27-11-9-14/h2-5,8-13H,6-7H2,1H3,(H,28,32)(H,29,33). The van der Waals surface area contributed by atoms with E-state index in [2.05, 4.69) is 25.8 Å². The zero-order valence-corrected chi connectivity index (χ0v) is 19.2. The minimum Gasteiger partial charge on any atom is -0.495 e. The van der Waals surface area contributed by atoms with Gasteiger partial charge >= 0.3 is 0 Å². The second-order valence-corrected chi connectivity index (χ2v) is 7.73. The number of nitrogens with zero attached hydrogens (tertiary/aromatic N) is 3. The summed E-state index contributed by atoms with van der Waals surface area (Å²) in [4.78, 5) is 33.2. The molecule has 4 rings (SSSR count). The number of hydrogen-bond acceptors (Lipinski definition) is 7. The number of benzene rings is 2. The van der Waals surface area contributed by atoms with E-state index in [0.717, 1.165) is 11.6 Å². The van der Waals surface area contributed by atoms with E-state index >= 15 is 0 Å². The van der Waals surface area contributed by atoms with Crippen molar-refractivity contribution in [1.82, 2.24) is 15.1 Å². The van der Waals surface area contributed by atoms with Gasteiger partial charge in [-0.25, -0.2) is 4.39 Å². The molecule has 35 heavy (non-hydrogen) atoms. The molecule has 0 saturated carbocycles. The number of halogens is 2. The van der Waals surface area contributed by atoms with Crippen molar-refractivity contribution in [2.45, 2.75) is 12.8 Å². The first-order valence-electron chi connectivity index (χ1n) is 10.4. The van der Waals surface area contributed by atoms with Crippen LogP contribution in [0.1, 0.15) is 22.7 Å². The van der Waals surface area contributed by atoms with Crippen LogP contribution in [0.15, 0.2) is 65.4 Å². The van der Waals surface area contributed by atoms with Crippen molar-refractivity contribution in [1.29, 1.82) is 0 Å². The maximum absolute atomic E-state index is 14.1. The molecule has 0 aliphatic rings. The number of anilines is 2. The van der Waals surface area contributed by atoms with Crippen LogP contribution in [0.2, 0.25) is 5.02 Å². The molecular formula is C24H19ClFN5O4. The van der Waals surface area contributed by atoms with Gasteiger partial charge in [-0.2, -0.15) is 4.98 Å². The number of pyridine rings is 1. The molecular weight excluding hydrogens is 477 g/mol. The lowest BCUT2D eigenvalue weighted by atomic mass is 10.2. The summed E-state index contributed by atoms with van der Waals surface area (Å²) in [5.41, 5.74) is 1.23. The van der Waals surface area contributed by atoms with E-state index in [1.807, 2.05) is 0 Å². The topological polar surface area (TPSA) is 119 Å². The lowest BCUT2D eigenvalue weighted by Gasteiger charge is -2.13. The summed E-state index contributed by atoms with van der Waals surface area (Å²) in [5, 5.41) is 9.42. The highest BCUT2D eigenvalue weighted by Crippen LogP contribution is 2.29. The molecule has 11 heteroatoms. The number of rotatable bonds is 8. The molecule has 4 aromatic rings. The Balaban J connectivity index is 1.39. The number of amides is 2. The summed E-state index contributed by atoms with van der Waals surface area (Å²) in [6, 6.07) is 11.9. The fraction of sp³-hybridized carbons (Fsp3) is 0.125. The molecule has 0 saturated heterocycles. The van der Waals surface area contributed by atoms with E-state index < -0.39 is 11.7 Å². The van der Waals surface area contributed by atoms with Gasteiger partial charge in [-0.3, -0.25) is 14.6 Å². The molecule has 0 aliphatic heterocycles. The highest BCUT2D eigenvalue weighted by molar-refractivity contribution is 6.30. The molecule has 2 aromatic heterocycles. The average Bonchev–Trinajstić information content (AvgIpc) is 3.33. The van der Waals surface area contributed by atoms with Crippen molar-refractivity contribution >= 4 is 34.8 Å². The second-order valence-electron chi connectivity index (χ2n) is 7.29. The molecule has 2 amide bonds. The number of aromatic nitrogens is 3. The predicted molar refractivity (Wildman–Crippen MR) is 127 cm³/mol. The van der Waals surface area contributed by atoms with E-state index in [1.54, 1.807) is 36.7 Å². The average molecular weight is 496 g/mol. The molecule has 0 spiro atoms. The Morgan fingerprint density at radius 2 is 1.89 bits per heavy atom. The molecule has 0 atom stereocenters. The van der Waals surface area contributed by atoms with Crippen LogP contribution >= 0.6 is 11.6 Å². The van der Waals surface area contributed by atoms with Crippen LogP contribution in [-0.4, -0.2) is 34.0 Å². The molecule has 178 valence electrons. The van der Waals surface area contributed by atoms with Crippen molar-refractivity contribution in [3.8, 4) is 17.1 Å². The molecule has 0 fully saturated rings. The van der Waals surface area contributed by atoms with Crippen molar-refractivity contribution in [2.24, 2.45) is 0 Å². The normalized spacial score (nSPS) is 10.6. The first kappa shape index (κ1) is 23.8. The fourth-order valence-corrected chi connectivity index (χ4v) is 3.32. The van der Waals surface area contributed by atoms with Gasteiger partial charge in [0.15, 0.2) is 0 Å². The van der Waals surface area contributed by atoms with Crippen molar-refractivity contribution in [3.05, 3.63) is 83.2 Å². The first-order valence-corrected chi connectivity index (χ1v) is 10.8. The third-order valence-electron chi connectivity index (χ3n) is 4.88. The molecule has 0 radical (unpaired) electrons. The van der Waals surface area contributed by atoms with Crippen molar-refractivity contribution in [3.63, 3.8) is 0 Å². The number of nitrogens with one attached hydrogen (secondary N) is 2. The molecule has 0 unspecified atom stereocenters. The van der Waals surface area contributed by atoms with E-state index in [9.17, 15) is 14.0 Å². The van der Waals surface area contributed by atoms with Crippen molar-refractivity contribution < 1.29 is 23.2 Å². The third kappa shape index (κ3) is 5.98. The Bertz CT molecular complexity index is 1360. The van der Waals surface area contributed by atoms with Gasteiger partial charge in [0.2, 0.25) is 17.6 Å². The first-order chi connectivity index (χ1) is 16.9. The smallest absolute Gasteiger partial charge is 0.258 e. The van der Waals surface area contributed by atoms with Gasteiger partial charge in [-0.05, 0) is 48.5 Å². The van der Waals surface area contributed by atoms with Gasteiger partial charge in [0, 0.05) is 41.5 Å². The van der Waals surface area contributed by atoms with Gasteiger partial charge in [-0.15, -0.1) is 0 Å². The van der Waals surface area contributed by atoms with E-state index in [1.165, 1.54) is 25.3 Å². The summed E-state index contributed by atoms with van der Waals surface area (Å²) >= 11 is 5.75. The zero-order chi connectivity index (χ0) is 24.8. The number of methoxy groups -OCH3 is 1. The zero-order valence-electron chi connectivity index (χ0n) is 18.4. The number of carbonyl (C=O) groups excluding carboxylic acids is 2. The van der Waals surface area contributed by atoms with Gasteiger partial charge in [0.25, 0.3) is 5.91 Å². The summed E-state index contributed by atoms with van der Waals surface area (Å²) in [6.07, 6.45) is 3.56. The summed E-state index contributed by atoms with van der Waals surface area (Å²) < 4.78 is 24.6. The van der Waals surface area contributed by atoms with Gasteiger partial charge in [0.05, 0.1) is 18.4 Å². The van der Waals surface area contributed by atoms with Crippen LogP contribution in [0.3, 0.4) is 0 Å². The lowest BCUT2D eigenvalue weighted by molar-refractivity contribution is -0.116. The third-order valence-corrected chi connectivity index (χ3v) is 5.11. The maximum Gasteiger partial charge on any atom is 0.258 e. The molecule has 2 N–H and O–H groups in total. The van der Waals surface area contributed by atoms with Gasteiger partial charge in [0.1, 0.15) is 11.6 Å². The van der Waals surface area contributed by atoms with E-state index in [4.69, 9.17) is 20.9 Å². The van der Waals surface area contributed by atoms with Crippen LogP contribution in [0.25, 0.3) is 11.4 Å². The number of hydrogen-bond donors (Lipinski definition) is 2. The van der Waals surface area contributed by atoms with Crippen LogP contribution < -0.4 is 15.4 Å². The van der Waals surface area contributed by atoms with Gasteiger partial charge in [-0.1, -0.05) is 16.8 Å². The second kappa shape index (κ2) is 10.7. The molecule has 9 nitrogen and oxygen atoms in total. The minimum atomic E-state index is -0.758. The van der Waals surface area contributed by atoms with Crippen molar-refractivity contribution in [2.75, 3.05) is 17.7 Å². The minimum absolute atomic E-state index is 0.0850. The number of carbonyl (C=O) groups is 2. The Labute approximate surface area is 204 Å². The molecule has 0 aliphatic carbocycles. The van der Waals surface area contributed by atoms with Crippen LogP contribution in [0.4, 0.5) is 15.8 Å². The predicted octanol–water partition coefficient (Wildman–Crippen LogP) is 4.76. The number of aryl methyl sites for hydroxylation is 1. The van der Waals surface area contributed by atoms with E-state index in [-0.39, 0.29) is 35.0 Å².